The van der Waals surface area contributed by atoms with Crippen LogP contribution >= 0.6 is 11.6 Å². The summed E-state index contributed by atoms with van der Waals surface area (Å²) in [5.41, 5.74) is 2.97. The topological polar surface area (TPSA) is 90.5 Å². The average molecular weight is 408 g/mol. The molecular weight excluding hydrogens is 390 g/mol. The first kappa shape index (κ1) is 18.8. The summed E-state index contributed by atoms with van der Waals surface area (Å²) in [4.78, 5) is 17.5. The number of hydrogen-bond donors (Lipinski definition) is 1. The van der Waals surface area contributed by atoms with Crippen LogP contribution in [-0.2, 0) is 24.4 Å². The Morgan fingerprint density at radius 3 is 2.52 bits per heavy atom. The Kier molecular flexibility index (Phi) is 5.62. The van der Waals surface area contributed by atoms with Crippen LogP contribution in [0.25, 0.3) is 11.4 Å². The van der Waals surface area contributed by atoms with Gasteiger partial charge in [-0.3, -0.25) is 4.79 Å². The fourth-order valence-electron chi connectivity index (χ4n) is 2.76. The number of aromatic nitrogens is 6. The highest BCUT2D eigenvalue weighted by Gasteiger charge is 2.09. The van der Waals surface area contributed by atoms with Gasteiger partial charge in [0.1, 0.15) is 6.54 Å². The summed E-state index contributed by atoms with van der Waals surface area (Å²) in [5.74, 6) is 0.260. The largest absolute Gasteiger partial charge is 0.350 e. The van der Waals surface area contributed by atoms with Crippen molar-refractivity contribution >= 4 is 17.5 Å². The second kappa shape index (κ2) is 8.66. The number of carbonyl (C=O) groups excluding carboxylic acids is 1. The number of benzene rings is 2. The molecule has 8 nitrogen and oxygen atoms in total. The number of carbonyl (C=O) groups is 1. The highest BCUT2D eigenvalue weighted by molar-refractivity contribution is 6.30. The molecule has 0 atom stereocenters. The molecule has 0 aliphatic rings. The first-order chi connectivity index (χ1) is 14.2. The molecule has 0 saturated heterocycles. The maximum Gasteiger partial charge on any atom is 0.243 e. The molecule has 2 aromatic heterocycles. The van der Waals surface area contributed by atoms with E-state index in [1.807, 2.05) is 35.0 Å². The van der Waals surface area contributed by atoms with Crippen LogP contribution in [0.1, 0.15) is 11.1 Å². The van der Waals surface area contributed by atoms with Crippen LogP contribution < -0.4 is 5.32 Å². The molecule has 9 heteroatoms. The van der Waals surface area contributed by atoms with Crippen LogP contribution in [0.5, 0.6) is 0 Å². The highest BCUT2D eigenvalue weighted by atomic mass is 35.5. The Morgan fingerprint density at radius 1 is 1.03 bits per heavy atom. The molecule has 1 N–H and O–H groups in total. The van der Waals surface area contributed by atoms with Crippen molar-refractivity contribution in [1.82, 2.24) is 35.1 Å². The number of imidazole rings is 1. The molecule has 146 valence electrons. The molecule has 0 aliphatic heterocycles. The Hall–Kier alpha value is -3.52. The van der Waals surface area contributed by atoms with Gasteiger partial charge in [0, 0.05) is 36.1 Å². The fourth-order valence-corrected chi connectivity index (χ4v) is 2.89. The van der Waals surface area contributed by atoms with Gasteiger partial charge in [0.15, 0.2) is 0 Å². The minimum absolute atomic E-state index is 0.000692. The second-order valence-corrected chi connectivity index (χ2v) is 6.92. The van der Waals surface area contributed by atoms with Crippen molar-refractivity contribution < 1.29 is 4.79 Å². The van der Waals surface area contributed by atoms with Crippen molar-refractivity contribution in [1.29, 1.82) is 0 Å². The standard InChI is InChI=1S/C20H18ClN7O/c21-18-7-5-17(6-8-18)20-24-26-28(25-20)13-19(29)23-11-15-1-3-16(4-2-15)12-27-10-9-22-14-27/h1-10,14H,11-13H2,(H,23,29). The lowest BCUT2D eigenvalue weighted by atomic mass is 10.1. The quantitative estimate of drug-likeness (QED) is 0.508. The predicted molar refractivity (Wildman–Crippen MR) is 108 cm³/mol. The average Bonchev–Trinajstić information content (AvgIpc) is 3.40. The maximum atomic E-state index is 12.2. The SMILES string of the molecule is O=C(Cn1nnc(-c2ccc(Cl)cc2)n1)NCc1ccc(Cn2ccnc2)cc1. The van der Waals surface area contributed by atoms with Gasteiger partial charge < -0.3 is 9.88 Å². The van der Waals surface area contributed by atoms with E-state index in [1.165, 1.54) is 10.4 Å². The minimum atomic E-state index is -0.187. The van der Waals surface area contributed by atoms with Crippen LogP contribution in [0.2, 0.25) is 5.02 Å². The number of rotatable bonds is 7. The number of hydrogen-bond acceptors (Lipinski definition) is 5. The maximum absolute atomic E-state index is 12.2. The molecule has 0 fully saturated rings. The van der Waals surface area contributed by atoms with Crippen molar-refractivity contribution in [3.8, 4) is 11.4 Å². The Morgan fingerprint density at radius 2 is 1.79 bits per heavy atom. The minimum Gasteiger partial charge on any atom is -0.350 e. The number of tetrazole rings is 1. The molecule has 0 unspecified atom stereocenters. The summed E-state index contributed by atoms with van der Waals surface area (Å²) in [5, 5.41) is 15.6. The van der Waals surface area contributed by atoms with Gasteiger partial charge in [-0.1, -0.05) is 35.9 Å². The van der Waals surface area contributed by atoms with E-state index in [0.717, 1.165) is 17.7 Å². The molecule has 1 amide bonds. The zero-order chi connectivity index (χ0) is 20.1. The van der Waals surface area contributed by atoms with Gasteiger partial charge in [-0.15, -0.1) is 10.2 Å². The molecule has 0 spiro atoms. The number of halogens is 1. The van der Waals surface area contributed by atoms with E-state index >= 15 is 0 Å². The molecule has 2 heterocycles. The molecule has 0 aliphatic carbocycles. The van der Waals surface area contributed by atoms with Crippen molar-refractivity contribution in [3.05, 3.63) is 83.4 Å². The van der Waals surface area contributed by atoms with E-state index in [0.29, 0.717) is 17.4 Å². The third kappa shape index (κ3) is 5.05. The molecule has 0 radical (unpaired) electrons. The first-order valence-electron chi connectivity index (χ1n) is 9.00. The van der Waals surface area contributed by atoms with E-state index in [1.54, 1.807) is 36.8 Å². The zero-order valence-corrected chi connectivity index (χ0v) is 16.2. The van der Waals surface area contributed by atoms with E-state index in [2.05, 4.69) is 25.7 Å². The summed E-state index contributed by atoms with van der Waals surface area (Å²) in [7, 11) is 0. The lowest BCUT2D eigenvalue weighted by Crippen LogP contribution is -2.28. The van der Waals surface area contributed by atoms with Crippen molar-refractivity contribution in [2.45, 2.75) is 19.6 Å². The predicted octanol–water partition coefficient (Wildman–Crippen LogP) is 2.55. The first-order valence-corrected chi connectivity index (χ1v) is 9.37. The Labute approximate surface area is 172 Å². The van der Waals surface area contributed by atoms with Gasteiger partial charge >= 0.3 is 0 Å². The number of nitrogens with one attached hydrogen (secondary N) is 1. The van der Waals surface area contributed by atoms with Crippen LogP contribution in [0, 0.1) is 0 Å². The lowest BCUT2D eigenvalue weighted by Gasteiger charge is -2.07. The summed E-state index contributed by atoms with van der Waals surface area (Å²) in [6.45, 7) is 1.20. The molecular formula is C20H18ClN7O. The Bertz CT molecular complexity index is 1070. The molecule has 4 rings (SSSR count). The van der Waals surface area contributed by atoms with Crippen LogP contribution in [0.15, 0.2) is 67.3 Å². The van der Waals surface area contributed by atoms with Gasteiger partial charge in [0.05, 0.1) is 6.33 Å². The fraction of sp³-hybridized carbons (Fsp3) is 0.150. The molecule has 0 saturated carbocycles. The van der Waals surface area contributed by atoms with E-state index in [-0.39, 0.29) is 12.5 Å². The van der Waals surface area contributed by atoms with Gasteiger partial charge in [-0.25, -0.2) is 4.98 Å². The monoisotopic (exact) mass is 407 g/mol. The lowest BCUT2D eigenvalue weighted by molar-refractivity contribution is -0.122. The van der Waals surface area contributed by atoms with Crippen molar-refractivity contribution in [2.75, 3.05) is 0 Å². The van der Waals surface area contributed by atoms with E-state index in [9.17, 15) is 4.79 Å². The Balaban J connectivity index is 1.28. The van der Waals surface area contributed by atoms with Gasteiger partial charge in [0.25, 0.3) is 0 Å². The van der Waals surface area contributed by atoms with Crippen molar-refractivity contribution in [3.63, 3.8) is 0 Å². The van der Waals surface area contributed by atoms with Crippen LogP contribution in [0.3, 0.4) is 0 Å². The molecule has 2 aromatic carbocycles. The number of nitrogens with zero attached hydrogens (tertiary/aromatic N) is 6. The van der Waals surface area contributed by atoms with Crippen molar-refractivity contribution in [2.24, 2.45) is 0 Å². The smallest absolute Gasteiger partial charge is 0.243 e. The van der Waals surface area contributed by atoms with Gasteiger partial charge in [-0.2, -0.15) is 4.80 Å². The zero-order valence-electron chi connectivity index (χ0n) is 15.4. The third-order valence-electron chi connectivity index (χ3n) is 4.28. The van der Waals surface area contributed by atoms with Gasteiger partial charge in [0.2, 0.25) is 11.7 Å². The van der Waals surface area contributed by atoms with Crippen LogP contribution in [-0.4, -0.2) is 35.7 Å². The normalized spacial score (nSPS) is 10.8. The summed E-state index contributed by atoms with van der Waals surface area (Å²) in [6, 6.07) is 15.2. The molecule has 4 aromatic rings. The molecule has 0 bridgehead atoms. The second-order valence-electron chi connectivity index (χ2n) is 6.48. The summed E-state index contributed by atoms with van der Waals surface area (Å²) >= 11 is 5.88. The van der Waals surface area contributed by atoms with Crippen LogP contribution in [0.4, 0.5) is 0 Å². The van der Waals surface area contributed by atoms with E-state index in [4.69, 9.17) is 11.6 Å². The highest BCUT2D eigenvalue weighted by Crippen LogP contribution is 2.16. The van der Waals surface area contributed by atoms with Gasteiger partial charge in [-0.05, 0) is 40.6 Å². The molecule has 29 heavy (non-hydrogen) atoms. The number of amides is 1. The third-order valence-corrected chi connectivity index (χ3v) is 4.53. The summed E-state index contributed by atoms with van der Waals surface area (Å²) in [6.07, 6.45) is 5.46. The summed E-state index contributed by atoms with van der Waals surface area (Å²) < 4.78 is 2.00. The van der Waals surface area contributed by atoms with E-state index < -0.39 is 0 Å².